The van der Waals surface area contributed by atoms with E-state index in [0.717, 1.165) is 9.88 Å². The summed E-state index contributed by atoms with van der Waals surface area (Å²) in [5.74, 6) is -1.01. The topological polar surface area (TPSA) is 91.3 Å². The summed E-state index contributed by atoms with van der Waals surface area (Å²) in [7, 11) is 0. The second-order valence-corrected chi connectivity index (χ2v) is 5.57. The molecule has 1 rings (SSSR count). The summed E-state index contributed by atoms with van der Waals surface area (Å²) in [5, 5.41) is 15.3. The second kappa shape index (κ2) is 6.51. The number of aryl methyl sites for hydroxylation is 1. The lowest BCUT2D eigenvalue weighted by Crippen LogP contribution is -2.56. The zero-order chi connectivity index (χ0) is 14.5. The van der Waals surface area contributed by atoms with Crippen LogP contribution in [-0.4, -0.2) is 27.6 Å². The Morgan fingerprint density at radius 3 is 2.47 bits per heavy atom. The normalized spacial score (nSPS) is 11.1. The molecule has 0 aliphatic carbocycles. The number of carbonyl (C=O) groups is 2. The van der Waals surface area contributed by atoms with Gasteiger partial charge in [0.25, 0.3) is 0 Å². The fourth-order valence-electron chi connectivity index (χ4n) is 1.70. The van der Waals surface area contributed by atoms with Crippen LogP contribution in [0.25, 0.3) is 0 Å². The Labute approximate surface area is 116 Å². The molecule has 1 aromatic heterocycles. The third-order valence-corrected chi connectivity index (χ3v) is 3.97. The van der Waals surface area contributed by atoms with Crippen LogP contribution in [0, 0.1) is 6.92 Å². The number of nitrogens with one attached hydrogen (secondary N) is 2. The van der Waals surface area contributed by atoms with Crippen LogP contribution in [0.2, 0.25) is 0 Å². The van der Waals surface area contributed by atoms with Crippen molar-refractivity contribution in [2.24, 2.45) is 0 Å². The summed E-state index contributed by atoms with van der Waals surface area (Å²) in [4.78, 5) is 28.0. The number of hydrogen-bond donors (Lipinski definition) is 3. The van der Waals surface area contributed by atoms with E-state index in [2.05, 4.69) is 15.6 Å². The average molecular weight is 285 g/mol. The molecule has 0 atom stereocenters. The van der Waals surface area contributed by atoms with Gasteiger partial charge in [-0.1, -0.05) is 13.8 Å². The smallest absolute Gasteiger partial charge is 0.329 e. The third kappa shape index (κ3) is 3.92. The van der Waals surface area contributed by atoms with Crippen LogP contribution in [0.4, 0.5) is 4.79 Å². The van der Waals surface area contributed by atoms with Crippen molar-refractivity contribution < 1.29 is 14.7 Å². The third-order valence-electron chi connectivity index (χ3n) is 3.06. The van der Waals surface area contributed by atoms with Crippen molar-refractivity contribution in [1.29, 1.82) is 0 Å². The van der Waals surface area contributed by atoms with Gasteiger partial charge in [0.05, 0.1) is 11.6 Å². The molecule has 106 valence electrons. The van der Waals surface area contributed by atoms with Gasteiger partial charge in [0.15, 0.2) is 0 Å². The molecule has 6 nitrogen and oxygen atoms in total. The number of carbonyl (C=O) groups excluding carboxylic acids is 1. The highest BCUT2D eigenvalue weighted by Gasteiger charge is 2.36. The summed E-state index contributed by atoms with van der Waals surface area (Å²) >= 11 is 1.50. The van der Waals surface area contributed by atoms with E-state index < -0.39 is 17.5 Å². The largest absolute Gasteiger partial charge is 0.480 e. The monoisotopic (exact) mass is 285 g/mol. The number of hydrogen-bond acceptors (Lipinski definition) is 4. The van der Waals surface area contributed by atoms with Crippen LogP contribution in [0.3, 0.4) is 0 Å². The maximum Gasteiger partial charge on any atom is 0.329 e. The van der Waals surface area contributed by atoms with Gasteiger partial charge in [-0.25, -0.2) is 14.6 Å². The Morgan fingerprint density at radius 1 is 1.42 bits per heavy atom. The first kappa shape index (κ1) is 15.4. The standard InChI is InChI=1S/C12H19N3O3S/c1-4-12(5-2,10(16)17)15-11(18)14-7-9-6-13-8(3)19-9/h6H,4-5,7H2,1-3H3,(H,16,17)(H2,14,15,18). The molecule has 0 spiro atoms. The predicted molar refractivity (Wildman–Crippen MR) is 73.2 cm³/mol. The van der Waals surface area contributed by atoms with Crippen LogP contribution in [0.5, 0.6) is 0 Å². The molecule has 0 aromatic carbocycles. The molecule has 0 saturated carbocycles. The van der Waals surface area contributed by atoms with Gasteiger partial charge < -0.3 is 15.7 Å². The van der Waals surface area contributed by atoms with E-state index >= 15 is 0 Å². The van der Waals surface area contributed by atoms with Gasteiger partial charge in [0.2, 0.25) is 0 Å². The number of amides is 2. The highest BCUT2D eigenvalue weighted by molar-refractivity contribution is 7.11. The Bertz CT molecular complexity index is 455. The zero-order valence-corrected chi connectivity index (χ0v) is 12.1. The minimum absolute atomic E-state index is 0.339. The van der Waals surface area contributed by atoms with Crippen LogP contribution >= 0.6 is 11.3 Å². The van der Waals surface area contributed by atoms with Crippen molar-refractivity contribution in [2.45, 2.75) is 45.7 Å². The SMILES string of the molecule is CCC(CC)(NC(=O)NCc1cnc(C)s1)C(=O)O. The second-order valence-electron chi connectivity index (χ2n) is 4.25. The maximum atomic E-state index is 11.8. The van der Waals surface area contributed by atoms with Gasteiger partial charge in [0, 0.05) is 11.1 Å². The number of carboxylic acids is 1. The summed E-state index contributed by atoms with van der Waals surface area (Å²) in [6.45, 7) is 5.72. The molecule has 1 heterocycles. The van der Waals surface area contributed by atoms with E-state index in [1.54, 1.807) is 20.0 Å². The average Bonchev–Trinajstić information content (AvgIpc) is 2.79. The number of thiazole rings is 1. The fraction of sp³-hybridized carbons (Fsp3) is 0.583. The molecule has 3 N–H and O–H groups in total. The van der Waals surface area contributed by atoms with Crippen LogP contribution in [0.15, 0.2) is 6.20 Å². The van der Waals surface area contributed by atoms with E-state index in [0.29, 0.717) is 19.4 Å². The number of rotatable bonds is 6. The van der Waals surface area contributed by atoms with Crippen molar-refractivity contribution in [3.8, 4) is 0 Å². The predicted octanol–water partition coefficient (Wildman–Crippen LogP) is 1.89. The summed E-state index contributed by atoms with van der Waals surface area (Å²) < 4.78 is 0. The first-order valence-corrected chi connectivity index (χ1v) is 6.96. The van der Waals surface area contributed by atoms with Crippen LogP contribution in [-0.2, 0) is 11.3 Å². The molecule has 0 bridgehead atoms. The number of nitrogens with zero attached hydrogens (tertiary/aromatic N) is 1. The molecule has 1 aromatic rings. The van der Waals surface area contributed by atoms with Gasteiger partial charge in [-0.05, 0) is 19.8 Å². The van der Waals surface area contributed by atoms with E-state index in [1.807, 2.05) is 6.92 Å². The van der Waals surface area contributed by atoms with Crippen LogP contribution < -0.4 is 10.6 Å². The van der Waals surface area contributed by atoms with Crippen molar-refractivity contribution >= 4 is 23.3 Å². The van der Waals surface area contributed by atoms with Crippen molar-refractivity contribution in [3.63, 3.8) is 0 Å². The summed E-state index contributed by atoms with van der Waals surface area (Å²) in [6.07, 6.45) is 2.38. The first-order valence-electron chi connectivity index (χ1n) is 6.14. The molecular formula is C12H19N3O3S. The molecule has 2 amide bonds. The first-order chi connectivity index (χ1) is 8.93. The molecule has 0 aliphatic rings. The molecule has 0 aliphatic heterocycles. The Hall–Kier alpha value is -1.63. The van der Waals surface area contributed by atoms with Crippen molar-refractivity contribution in [2.75, 3.05) is 0 Å². The maximum absolute atomic E-state index is 11.8. The Balaban J connectivity index is 2.56. The van der Waals surface area contributed by atoms with E-state index in [9.17, 15) is 14.7 Å². The van der Waals surface area contributed by atoms with E-state index in [4.69, 9.17) is 0 Å². The number of aromatic nitrogens is 1. The van der Waals surface area contributed by atoms with Gasteiger partial charge in [-0.15, -0.1) is 11.3 Å². The lowest BCUT2D eigenvalue weighted by molar-refractivity contribution is -0.144. The molecule has 7 heteroatoms. The summed E-state index contributed by atoms with van der Waals surface area (Å²) in [6, 6.07) is -0.475. The molecule has 0 fully saturated rings. The minimum atomic E-state index is -1.20. The Morgan fingerprint density at radius 2 is 2.05 bits per heavy atom. The lowest BCUT2D eigenvalue weighted by Gasteiger charge is -2.27. The summed E-state index contributed by atoms with van der Waals surface area (Å²) in [5.41, 5.74) is -1.20. The number of urea groups is 1. The molecular weight excluding hydrogens is 266 g/mol. The highest BCUT2D eigenvalue weighted by atomic mass is 32.1. The molecule has 19 heavy (non-hydrogen) atoms. The van der Waals surface area contributed by atoms with Crippen LogP contribution in [0.1, 0.15) is 36.6 Å². The van der Waals surface area contributed by atoms with E-state index in [-0.39, 0.29) is 0 Å². The molecule has 0 saturated heterocycles. The lowest BCUT2D eigenvalue weighted by atomic mass is 9.93. The van der Waals surface area contributed by atoms with Crippen molar-refractivity contribution in [1.82, 2.24) is 15.6 Å². The van der Waals surface area contributed by atoms with Crippen molar-refractivity contribution in [3.05, 3.63) is 16.1 Å². The Kier molecular flexibility index (Phi) is 5.29. The van der Waals surface area contributed by atoms with E-state index in [1.165, 1.54) is 11.3 Å². The minimum Gasteiger partial charge on any atom is -0.480 e. The van der Waals surface area contributed by atoms with Gasteiger partial charge in [0.1, 0.15) is 5.54 Å². The zero-order valence-electron chi connectivity index (χ0n) is 11.3. The number of carboxylic acid groups (broad SMARTS) is 1. The molecule has 0 unspecified atom stereocenters. The number of aliphatic carboxylic acids is 1. The van der Waals surface area contributed by atoms with Gasteiger partial charge >= 0.3 is 12.0 Å². The highest BCUT2D eigenvalue weighted by Crippen LogP contribution is 2.15. The van der Waals surface area contributed by atoms with Gasteiger partial charge in [-0.3, -0.25) is 0 Å². The van der Waals surface area contributed by atoms with Gasteiger partial charge in [-0.2, -0.15) is 0 Å². The fourth-order valence-corrected chi connectivity index (χ4v) is 2.43. The molecule has 0 radical (unpaired) electrons. The quantitative estimate of drug-likeness (QED) is 0.744.